The van der Waals surface area contributed by atoms with Crippen molar-refractivity contribution in [2.45, 2.75) is 25.8 Å². The molecule has 2 rings (SSSR count). The van der Waals surface area contributed by atoms with Crippen LogP contribution in [0.5, 0.6) is 0 Å². The molecule has 0 radical (unpaired) electrons. The molecule has 2 amide bonds. The van der Waals surface area contributed by atoms with Gasteiger partial charge >= 0.3 is 0 Å². The summed E-state index contributed by atoms with van der Waals surface area (Å²) in [5.41, 5.74) is 1.12. The first-order chi connectivity index (χ1) is 12.0. The third-order valence-electron chi connectivity index (χ3n) is 3.82. The van der Waals surface area contributed by atoms with Crippen molar-refractivity contribution in [3.05, 3.63) is 69.7 Å². The maximum absolute atomic E-state index is 12.2. The van der Waals surface area contributed by atoms with Crippen molar-refractivity contribution >= 4 is 35.0 Å². The van der Waals surface area contributed by atoms with E-state index in [1.165, 1.54) is 0 Å². The normalized spacial score (nSPS) is 11.6. The lowest BCUT2D eigenvalue weighted by Gasteiger charge is -2.17. The molecular formula is C19H20Cl2N2O2. The average molecular weight is 379 g/mol. The zero-order valence-electron chi connectivity index (χ0n) is 13.9. The highest BCUT2D eigenvalue weighted by molar-refractivity contribution is 6.31. The Bertz CT molecular complexity index is 715. The van der Waals surface area contributed by atoms with Gasteiger partial charge in [-0.1, -0.05) is 30.1 Å². The van der Waals surface area contributed by atoms with Crippen LogP contribution in [0.4, 0.5) is 0 Å². The van der Waals surface area contributed by atoms with Gasteiger partial charge in [-0.25, -0.2) is 0 Å². The van der Waals surface area contributed by atoms with Crippen LogP contribution in [0.1, 0.15) is 40.5 Å². The Morgan fingerprint density at radius 2 is 1.36 bits per heavy atom. The van der Waals surface area contributed by atoms with Gasteiger partial charge in [-0.3, -0.25) is 9.59 Å². The molecule has 0 saturated carbocycles. The van der Waals surface area contributed by atoms with Crippen LogP contribution < -0.4 is 10.6 Å². The third-order valence-corrected chi connectivity index (χ3v) is 4.32. The largest absolute Gasteiger partial charge is 0.352 e. The fraction of sp³-hybridized carbons (Fsp3) is 0.263. The van der Waals surface area contributed by atoms with Gasteiger partial charge in [0.15, 0.2) is 0 Å². The summed E-state index contributed by atoms with van der Waals surface area (Å²) in [6.07, 6.45) is 1.42. The molecule has 0 aliphatic carbocycles. The molecule has 0 aliphatic rings. The summed E-state index contributed by atoms with van der Waals surface area (Å²) in [5, 5.41) is 7.01. The Hall–Kier alpha value is -2.04. The minimum absolute atomic E-state index is 0.0197. The van der Waals surface area contributed by atoms with Gasteiger partial charge in [0.2, 0.25) is 0 Å². The van der Waals surface area contributed by atoms with Crippen LogP contribution in [0, 0.1) is 0 Å². The van der Waals surface area contributed by atoms with Crippen molar-refractivity contribution in [1.29, 1.82) is 0 Å². The third kappa shape index (κ3) is 6.07. The van der Waals surface area contributed by atoms with Gasteiger partial charge in [0.25, 0.3) is 11.8 Å². The van der Waals surface area contributed by atoms with E-state index in [4.69, 9.17) is 23.2 Å². The number of benzene rings is 2. The predicted molar refractivity (Wildman–Crippen MR) is 101 cm³/mol. The maximum Gasteiger partial charge on any atom is 0.251 e. The van der Waals surface area contributed by atoms with Gasteiger partial charge in [-0.2, -0.15) is 0 Å². The number of nitrogens with one attached hydrogen (secondary N) is 2. The van der Waals surface area contributed by atoms with E-state index in [0.717, 1.165) is 6.42 Å². The second kappa shape index (κ2) is 9.44. The molecule has 0 bridgehead atoms. The summed E-state index contributed by atoms with van der Waals surface area (Å²) in [5.74, 6) is -0.303. The van der Waals surface area contributed by atoms with E-state index in [2.05, 4.69) is 10.6 Å². The predicted octanol–water partition coefficient (Wildman–Crippen LogP) is 4.32. The lowest BCUT2D eigenvalue weighted by molar-refractivity contribution is 0.0932. The fourth-order valence-electron chi connectivity index (χ4n) is 2.31. The monoisotopic (exact) mass is 378 g/mol. The molecule has 1 atom stereocenters. The molecule has 0 aromatic heterocycles. The van der Waals surface area contributed by atoms with Gasteiger partial charge in [0.1, 0.15) is 0 Å². The smallest absolute Gasteiger partial charge is 0.251 e. The van der Waals surface area contributed by atoms with E-state index in [0.29, 0.717) is 34.1 Å². The van der Waals surface area contributed by atoms with Gasteiger partial charge in [-0.15, -0.1) is 0 Å². The molecule has 2 aromatic carbocycles. The number of carbonyl (C=O) groups is 2. The van der Waals surface area contributed by atoms with Crippen molar-refractivity contribution in [1.82, 2.24) is 10.6 Å². The van der Waals surface area contributed by atoms with Crippen LogP contribution in [0.15, 0.2) is 48.5 Å². The van der Waals surface area contributed by atoms with Gasteiger partial charge in [-0.05, 0) is 61.4 Å². The number of rotatable bonds is 7. The Balaban J connectivity index is 1.81. The first kappa shape index (κ1) is 19.3. The molecule has 2 aromatic rings. The molecule has 25 heavy (non-hydrogen) atoms. The Labute approximate surface area is 157 Å². The molecule has 0 saturated heterocycles. The van der Waals surface area contributed by atoms with E-state index in [-0.39, 0.29) is 17.9 Å². The van der Waals surface area contributed by atoms with E-state index in [1.54, 1.807) is 48.5 Å². The second-order valence-corrected chi connectivity index (χ2v) is 6.51. The first-order valence-electron chi connectivity index (χ1n) is 8.09. The Morgan fingerprint density at radius 3 is 1.84 bits per heavy atom. The standard InChI is InChI=1S/C19H20Cl2N2O2/c1-2-17(23-19(25)14-5-9-16(21)10-6-14)11-12-22-18(24)13-3-7-15(20)8-4-13/h3-10,17H,2,11-12H2,1H3,(H,22,24)(H,23,25)/t17-/m0/s1. The molecule has 4 nitrogen and oxygen atoms in total. The van der Waals surface area contributed by atoms with Gasteiger partial charge < -0.3 is 10.6 Å². The highest BCUT2D eigenvalue weighted by atomic mass is 35.5. The first-order valence-corrected chi connectivity index (χ1v) is 8.85. The molecular weight excluding hydrogens is 359 g/mol. The lowest BCUT2D eigenvalue weighted by Crippen LogP contribution is -2.37. The summed E-state index contributed by atoms with van der Waals surface area (Å²) in [6, 6.07) is 13.4. The van der Waals surface area contributed by atoms with Crippen LogP contribution in [0.2, 0.25) is 10.0 Å². The Morgan fingerprint density at radius 1 is 0.880 bits per heavy atom. The summed E-state index contributed by atoms with van der Waals surface area (Å²) in [7, 11) is 0. The van der Waals surface area contributed by atoms with E-state index < -0.39 is 0 Å². The molecule has 0 unspecified atom stereocenters. The van der Waals surface area contributed by atoms with E-state index >= 15 is 0 Å². The highest BCUT2D eigenvalue weighted by Crippen LogP contribution is 2.11. The topological polar surface area (TPSA) is 58.2 Å². The number of carbonyl (C=O) groups excluding carboxylic acids is 2. The van der Waals surface area contributed by atoms with Gasteiger partial charge in [0.05, 0.1) is 0 Å². The molecule has 0 aliphatic heterocycles. The Kier molecular flexibility index (Phi) is 7.29. The lowest BCUT2D eigenvalue weighted by atomic mass is 10.1. The van der Waals surface area contributed by atoms with Gasteiger partial charge in [0, 0.05) is 33.8 Å². The summed E-state index contributed by atoms with van der Waals surface area (Å²) in [6.45, 7) is 2.47. The fourth-order valence-corrected chi connectivity index (χ4v) is 2.56. The number of halogens is 2. The summed E-state index contributed by atoms with van der Waals surface area (Å²) >= 11 is 11.6. The quantitative estimate of drug-likeness (QED) is 0.753. The van der Waals surface area contributed by atoms with E-state index in [1.807, 2.05) is 6.92 Å². The second-order valence-electron chi connectivity index (χ2n) is 5.64. The van der Waals surface area contributed by atoms with Crippen molar-refractivity contribution in [3.8, 4) is 0 Å². The molecule has 0 heterocycles. The van der Waals surface area contributed by atoms with Crippen molar-refractivity contribution < 1.29 is 9.59 Å². The van der Waals surface area contributed by atoms with Crippen LogP contribution in [-0.2, 0) is 0 Å². The van der Waals surface area contributed by atoms with E-state index in [9.17, 15) is 9.59 Å². The number of amides is 2. The summed E-state index contributed by atoms with van der Waals surface area (Å²) in [4.78, 5) is 24.3. The minimum atomic E-state index is -0.157. The maximum atomic E-state index is 12.2. The van der Waals surface area contributed by atoms with Crippen LogP contribution in [0.3, 0.4) is 0 Å². The SMILES string of the molecule is CC[C@@H](CCNC(=O)c1ccc(Cl)cc1)NC(=O)c1ccc(Cl)cc1. The zero-order chi connectivity index (χ0) is 18.2. The summed E-state index contributed by atoms with van der Waals surface area (Å²) < 4.78 is 0. The molecule has 0 fully saturated rings. The van der Waals surface area contributed by atoms with Crippen LogP contribution in [0.25, 0.3) is 0 Å². The molecule has 132 valence electrons. The molecule has 2 N–H and O–H groups in total. The van der Waals surface area contributed by atoms with Crippen molar-refractivity contribution in [2.75, 3.05) is 6.54 Å². The van der Waals surface area contributed by atoms with Crippen LogP contribution >= 0.6 is 23.2 Å². The van der Waals surface area contributed by atoms with Crippen molar-refractivity contribution in [3.63, 3.8) is 0 Å². The number of hydrogen-bond donors (Lipinski definition) is 2. The molecule has 6 heteroatoms. The molecule has 0 spiro atoms. The minimum Gasteiger partial charge on any atom is -0.352 e. The average Bonchev–Trinajstić information content (AvgIpc) is 2.61. The highest BCUT2D eigenvalue weighted by Gasteiger charge is 2.13. The zero-order valence-corrected chi connectivity index (χ0v) is 15.4. The van der Waals surface area contributed by atoms with Crippen molar-refractivity contribution in [2.24, 2.45) is 0 Å². The number of hydrogen-bond acceptors (Lipinski definition) is 2. The van der Waals surface area contributed by atoms with Crippen LogP contribution in [-0.4, -0.2) is 24.4 Å².